The van der Waals surface area contributed by atoms with Gasteiger partial charge in [-0.2, -0.15) is 5.26 Å². The van der Waals surface area contributed by atoms with Gasteiger partial charge in [0.1, 0.15) is 28.9 Å². The van der Waals surface area contributed by atoms with E-state index in [0.717, 1.165) is 28.3 Å². The molecular weight excluding hydrogens is 448 g/mol. The van der Waals surface area contributed by atoms with E-state index in [4.69, 9.17) is 9.15 Å². The van der Waals surface area contributed by atoms with Crippen LogP contribution >= 0.6 is 11.8 Å². The van der Waals surface area contributed by atoms with Gasteiger partial charge in [0.2, 0.25) is 0 Å². The van der Waals surface area contributed by atoms with Crippen molar-refractivity contribution in [2.24, 2.45) is 0 Å². The number of aromatic amines is 1. The van der Waals surface area contributed by atoms with Crippen LogP contribution in [-0.2, 0) is 12.3 Å². The summed E-state index contributed by atoms with van der Waals surface area (Å²) in [6.45, 7) is 4.58. The molecule has 2 aromatic heterocycles. The molecule has 34 heavy (non-hydrogen) atoms. The summed E-state index contributed by atoms with van der Waals surface area (Å²) in [6.07, 6.45) is 0. The first-order chi connectivity index (χ1) is 16.5. The molecule has 0 fully saturated rings. The smallest absolute Gasteiger partial charge is 0.270 e. The molecule has 0 bridgehead atoms. The van der Waals surface area contributed by atoms with E-state index in [1.54, 1.807) is 31.4 Å². The summed E-state index contributed by atoms with van der Waals surface area (Å²) in [5.41, 5.74) is 3.69. The summed E-state index contributed by atoms with van der Waals surface area (Å²) in [4.78, 5) is 19.8. The lowest BCUT2D eigenvalue weighted by Gasteiger charge is -2.09. The molecule has 0 aliphatic carbocycles. The molecule has 8 heteroatoms. The molecule has 2 N–H and O–H groups in total. The normalized spacial score (nSPS) is 10.6. The number of furan rings is 1. The number of thioether (sulfide) groups is 1. The number of nitrogens with one attached hydrogen (secondary N) is 2. The summed E-state index contributed by atoms with van der Waals surface area (Å²) >= 11 is 1.40. The van der Waals surface area contributed by atoms with Crippen molar-refractivity contribution in [3.63, 3.8) is 0 Å². The molecule has 172 valence electrons. The molecule has 0 spiro atoms. The molecule has 0 aliphatic rings. The Morgan fingerprint density at radius 1 is 1.18 bits per heavy atom. The SMILES string of the molecule is COc1cccc(-c2nc(SCc3cccc(NCc4cc(C)c(C)o4)c3)[nH]c(=O)c2C#N)c1. The standard InChI is InChI=1S/C26H24N4O3S/c1-16-10-22(33-17(16)2)14-28-20-8-4-6-18(11-20)15-34-26-29-24(23(13-27)25(31)30-26)19-7-5-9-21(12-19)32-3/h4-12,28H,14-15H2,1-3H3,(H,29,30,31). The van der Waals surface area contributed by atoms with Crippen molar-refractivity contribution < 1.29 is 9.15 Å². The Hall–Kier alpha value is -3.96. The third-order valence-electron chi connectivity index (χ3n) is 5.34. The zero-order valence-electron chi connectivity index (χ0n) is 19.1. The van der Waals surface area contributed by atoms with Crippen LogP contribution in [0.5, 0.6) is 5.75 Å². The Morgan fingerprint density at radius 2 is 2.00 bits per heavy atom. The first kappa shape index (κ1) is 23.2. The van der Waals surface area contributed by atoms with Crippen molar-refractivity contribution >= 4 is 17.4 Å². The molecule has 0 unspecified atom stereocenters. The zero-order chi connectivity index (χ0) is 24.1. The lowest BCUT2D eigenvalue weighted by atomic mass is 10.1. The van der Waals surface area contributed by atoms with Crippen LogP contribution in [0, 0.1) is 25.2 Å². The molecule has 0 amide bonds. The van der Waals surface area contributed by atoms with E-state index < -0.39 is 5.56 Å². The van der Waals surface area contributed by atoms with Gasteiger partial charge in [0, 0.05) is 17.0 Å². The number of H-pyrrole nitrogens is 1. The number of nitrogens with zero attached hydrogens (tertiary/aromatic N) is 2. The highest BCUT2D eigenvalue weighted by Gasteiger charge is 2.14. The van der Waals surface area contributed by atoms with E-state index in [2.05, 4.69) is 21.4 Å². The lowest BCUT2D eigenvalue weighted by Crippen LogP contribution is -2.14. The van der Waals surface area contributed by atoms with Gasteiger partial charge in [-0.1, -0.05) is 36.0 Å². The number of benzene rings is 2. The van der Waals surface area contributed by atoms with E-state index >= 15 is 0 Å². The average Bonchev–Trinajstić information content (AvgIpc) is 3.18. The number of aryl methyl sites for hydroxylation is 2. The highest BCUT2D eigenvalue weighted by Crippen LogP contribution is 2.27. The van der Waals surface area contributed by atoms with Gasteiger partial charge in [-0.25, -0.2) is 4.98 Å². The van der Waals surface area contributed by atoms with E-state index in [1.807, 2.05) is 44.2 Å². The minimum Gasteiger partial charge on any atom is -0.497 e. The second-order valence-electron chi connectivity index (χ2n) is 7.73. The first-order valence-electron chi connectivity index (χ1n) is 10.7. The Labute approximate surface area is 201 Å². The van der Waals surface area contributed by atoms with E-state index in [-0.39, 0.29) is 5.56 Å². The molecule has 0 radical (unpaired) electrons. The zero-order valence-corrected chi connectivity index (χ0v) is 20.0. The number of hydrogen-bond acceptors (Lipinski definition) is 7. The van der Waals surface area contributed by atoms with Gasteiger partial charge in [0.15, 0.2) is 5.16 Å². The highest BCUT2D eigenvalue weighted by molar-refractivity contribution is 7.98. The molecule has 0 aliphatic heterocycles. The van der Waals surface area contributed by atoms with Crippen LogP contribution in [0.4, 0.5) is 5.69 Å². The molecule has 4 aromatic rings. The van der Waals surface area contributed by atoms with Gasteiger partial charge in [-0.15, -0.1) is 0 Å². The summed E-state index contributed by atoms with van der Waals surface area (Å²) in [5, 5.41) is 13.3. The van der Waals surface area contributed by atoms with Gasteiger partial charge in [0.05, 0.1) is 19.3 Å². The monoisotopic (exact) mass is 472 g/mol. The number of aromatic nitrogens is 2. The summed E-state index contributed by atoms with van der Waals surface area (Å²) < 4.78 is 11.0. The van der Waals surface area contributed by atoms with Gasteiger partial charge in [0.25, 0.3) is 5.56 Å². The molecular formula is C26H24N4O3S. The highest BCUT2D eigenvalue weighted by atomic mass is 32.2. The van der Waals surface area contributed by atoms with Gasteiger partial charge in [-0.05, 0) is 55.3 Å². The Kier molecular flexibility index (Phi) is 7.04. The fourth-order valence-electron chi connectivity index (χ4n) is 3.45. The molecule has 0 saturated carbocycles. The maximum absolute atomic E-state index is 12.5. The number of methoxy groups -OCH3 is 1. The van der Waals surface area contributed by atoms with Crippen LogP contribution in [-0.4, -0.2) is 17.1 Å². The second kappa shape index (κ2) is 10.3. The van der Waals surface area contributed by atoms with E-state index in [9.17, 15) is 10.1 Å². The largest absolute Gasteiger partial charge is 0.497 e. The minimum atomic E-state index is -0.461. The van der Waals surface area contributed by atoms with Crippen LogP contribution in [0.15, 0.2) is 69.0 Å². The number of anilines is 1. The Balaban J connectivity index is 1.50. The van der Waals surface area contributed by atoms with Crippen LogP contribution in [0.3, 0.4) is 0 Å². The van der Waals surface area contributed by atoms with E-state index in [1.165, 1.54) is 11.8 Å². The third-order valence-corrected chi connectivity index (χ3v) is 6.28. The predicted molar refractivity (Wildman–Crippen MR) is 133 cm³/mol. The van der Waals surface area contributed by atoms with E-state index in [0.29, 0.717) is 34.5 Å². The minimum absolute atomic E-state index is 0.0211. The van der Waals surface area contributed by atoms with Crippen molar-refractivity contribution in [3.05, 3.63) is 93.2 Å². The average molecular weight is 473 g/mol. The maximum atomic E-state index is 12.5. The fourth-order valence-corrected chi connectivity index (χ4v) is 4.26. The third kappa shape index (κ3) is 5.33. The fraction of sp³-hybridized carbons (Fsp3) is 0.192. The van der Waals surface area contributed by atoms with Crippen molar-refractivity contribution in [2.75, 3.05) is 12.4 Å². The molecule has 4 rings (SSSR count). The maximum Gasteiger partial charge on any atom is 0.270 e. The number of hydrogen-bond donors (Lipinski definition) is 2. The Morgan fingerprint density at radius 3 is 2.74 bits per heavy atom. The summed E-state index contributed by atoms with van der Waals surface area (Å²) in [7, 11) is 1.57. The lowest BCUT2D eigenvalue weighted by molar-refractivity contribution is 0.415. The molecule has 0 saturated heterocycles. The van der Waals surface area contributed by atoms with Crippen molar-refractivity contribution in [2.45, 2.75) is 31.3 Å². The van der Waals surface area contributed by atoms with Gasteiger partial charge in [-0.3, -0.25) is 4.79 Å². The predicted octanol–water partition coefficient (Wildman–Crippen LogP) is 5.43. The number of rotatable bonds is 8. The quantitative estimate of drug-likeness (QED) is 0.260. The van der Waals surface area contributed by atoms with Crippen LogP contribution < -0.4 is 15.6 Å². The second-order valence-corrected chi connectivity index (χ2v) is 8.70. The number of ether oxygens (including phenoxy) is 1. The van der Waals surface area contributed by atoms with Gasteiger partial charge >= 0.3 is 0 Å². The van der Waals surface area contributed by atoms with Crippen LogP contribution in [0.25, 0.3) is 11.3 Å². The first-order valence-corrected chi connectivity index (χ1v) is 11.7. The van der Waals surface area contributed by atoms with Crippen LogP contribution in [0.1, 0.15) is 28.2 Å². The van der Waals surface area contributed by atoms with Crippen molar-refractivity contribution in [3.8, 4) is 23.1 Å². The topological polar surface area (TPSA) is 104 Å². The van der Waals surface area contributed by atoms with Crippen molar-refractivity contribution in [1.29, 1.82) is 5.26 Å². The molecule has 7 nitrogen and oxygen atoms in total. The molecule has 2 aromatic carbocycles. The molecule has 2 heterocycles. The van der Waals surface area contributed by atoms with Crippen molar-refractivity contribution in [1.82, 2.24) is 9.97 Å². The van der Waals surface area contributed by atoms with Crippen LogP contribution in [0.2, 0.25) is 0 Å². The molecule has 0 atom stereocenters. The summed E-state index contributed by atoms with van der Waals surface area (Å²) in [5.74, 6) is 3.04. The Bertz CT molecular complexity index is 1400. The number of nitriles is 1. The summed E-state index contributed by atoms with van der Waals surface area (Å²) in [6, 6.07) is 19.2. The van der Waals surface area contributed by atoms with Gasteiger partial charge < -0.3 is 19.5 Å².